The fourth-order valence-corrected chi connectivity index (χ4v) is 1.75. The summed E-state index contributed by atoms with van der Waals surface area (Å²) in [4.78, 5) is 35.2. The van der Waals surface area contributed by atoms with Crippen molar-refractivity contribution in [1.29, 1.82) is 5.26 Å². The summed E-state index contributed by atoms with van der Waals surface area (Å²) in [7, 11) is 2.37. The van der Waals surface area contributed by atoms with E-state index in [0.717, 1.165) is 0 Å². The first-order valence-electron chi connectivity index (χ1n) is 6.68. The van der Waals surface area contributed by atoms with E-state index in [0.29, 0.717) is 0 Å². The van der Waals surface area contributed by atoms with Gasteiger partial charge < -0.3 is 19.9 Å². The molecule has 0 bridgehead atoms. The Morgan fingerprint density at radius 2 is 1.58 bits per heavy atom. The second-order valence-electron chi connectivity index (χ2n) is 4.61. The molecule has 1 aromatic rings. The second kappa shape index (κ2) is 8.33. The molecule has 0 aliphatic rings. The summed E-state index contributed by atoms with van der Waals surface area (Å²) in [5.74, 6) is -1.93. The Hall–Kier alpha value is -3.34. The van der Waals surface area contributed by atoms with Gasteiger partial charge in [0.15, 0.2) is 6.61 Å². The Bertz CT molecular complexity index is 707. The molecular formula is C16H16N2O6. The largest absolute Gasteiger partial charge is 0.485 e. The number of allylic oxidation sites excluding steroid dienone is 1. The van der Waals surface area contributed by atoms with Gasteiger partial charge in [-0.05, 0) is 25.1 Å². The van der Waals surface area contributed by atoms with Gasteiger partial charge in [-0.2, -0.15) is 5.26 Å². The Morgan fingerprint density at radius 3 is 1.96 bits per heavy atom. The number of nitriles is 1. The van der Waals surface area contributed by atoms with Crippen molar-refractivity contribution in [1.82, 2.24) is 0 Å². The third-order valence-corrected chi connectivity index (χ3v) is 2.90. The van der Waals surface area contributed by atoms with Crippen molar-refractivity contribution in [3.8, 4) is 11.8 Å². The van der Waals surface area contributed by atoms with E-state index in [2.05, 4.69) is 9.47 Å². The highest BCUT2D eigenvalue weighted by Crippen LogP contribution is 2.19. The molecule has 0 unspecified atom stereocenters. The topological polar surface area (TPSA) is 129 Å². The zero-order valence-electron chi connectivity index (χ0n) is 13.4. The van der Waals surface area contributed by atoms with Crippen LogP contribution in [0.5, 0.6) is 5.75 Å². The highest BCUT2D eigenvalue weighted by molar-refractivity contribution is 6.00. The molecule has 8 nitrogen and oxygen atoms in total. The van der Waals surface area contributed by atoms with Crippen molar-refractivity contribution >= 4 is 17.7 Å². The Morgan fingerprint density at radius 1 is 1.08 bits per heavy atom. The van der Waals surface area contributed by atoms with Gasteiger partial charge in [0.2, 0.25) is 5.78 Å². The number of rotatable bonds is 6. The minimum Gasteiger partial charge on any atom is -0.485 e. The van der Waals surface area contributed by atoms with Gasteiger partial charge in [-0.3, -0.25) is 4.79 Å². The van der Waals surface area contributed by atoms with Crippen LogP contribution in [0, 0.1) is 11.3 Å². The SMILES string of the molecule is COC(=O)c1cc(OCC(=O)/C(C#N)=C(\C)N)cc(C(=O)OC)c1. The number of benzene rings is 1. The van der Waals surface area contributed by atoms with Crippen LogP contribution >= 0.6 is 0 Å². The van der Waals surface area contributed by atoms with Gasteiger partial charge in [0.25, 0.3) is 0 Å². The maximum Gasteiger partial charge on any atom is 0.338 e. The lowest BCUT2D eigenvalue weighted by atomic mass is 10.1. The summed E-state index contributed by atoms with van der Waals surface area (Å²) in [5, 5.41) is 8.88. The predicted octanol–water partition coefficient (Wildman–Crippen LogP) is 0.964. The van der Waals surface area contributed by atoms with Gasteiger partial charge >= 0.3 is 11.9 Å². The Kier molecular flexibility index (Phi) is 6.50. The van der Waals surface area contributed by atoms with Gasteiger partial charge in [0.05, 0.1) is 25.3 Å². The van der Waals surface area contributed by atoms with Crippen LogP contribution in [0.2, 0.25) is 0 Å². The van der Waals surface area contributed by atoms with Crippen LogP contribution in [0.25, 0.3) is 0 Å². The number of carbonyl (C=O) groups excluding carboxylic acids is 3. The van der Waals surface area contributed by atoms with E-state index in [1.165, 1.54) is 39.3 Å². The molecule has 0 fully saturated rings. The molecule has 8 heteroatoms. The number of hydrogen-bond donors (Lipinski definition) is 1. The average molecular weight is 332 g/mol. The minimum atomic E-state index is -0.688. The molecule has 0 saturated carbocycles. The van der Waals surface area contributed by atoms with Crippen LogP contribution in [0.1, 0.15) is 27.6 Å². The standard InChI is InChI=1S/C16H16N2O6/c1-9(18)13(7-17)14(19)8-24-12-5-10(15(20)22-2)4-11(6-12)16(21)23-3/h4-6H,8,18H2,1-3H3/b13-9+. The van der Waals surface area contributed by atoms with E-state index in [-0.39, 0.29) is 28.1 Å². The third kappa shape index (κ3) is 4.58. The zero-order valence-corrected chi connectivity index (χ0v) is 13.4. The first-order valence-corrected chi connectivity index (χ1v) is 6.68. The first kappa shape index (κ1) is 18.7. The van der Waals surface area contributed by atoms with Gasteiger partial charge in [0, 0.05) is 5.70 Å². The molecule has 0 aliphatic carbocycles. The maximum atomic E-state index is 11.9. The van der Waals surface area contributed by atoms with E-state index >= 15 is 0 Å². The molecule has 0 radical (unpaired) electrons. The summed E-state index contributed by atoms with van der Waals surface area (Å²) in [6.07, 6.45) is 0. The van der Waals surface area contributed by atoms with Crippen molar-refractivity contribution < 1.29 is 28.6 Å². The number of hydrogen-bond acceptors (Lipinski definition) is 8. The molecule has 0 amide bonds. The number of esters is 2. The molecule has 2 N–H and O–H groups in total. The molecule has 0 spiro atoms. The van der Waals surface area contributed by atoms with Crippen molar-refractivity contribution in [3.05, 3.63) is 40.6 Å². The second-order valence-corrected chi connectivity index (χ2v) is 4.61. The van der Waals surface area contributed by atoms with Gasteiger partial charge in [0.1, 0.15) is 17.4 Å². The fourth-order valence-electron chi connectivity index (χ4n) is 1.75. The van der Waals surface area contributed by atoms with E-state index in [9.17, 15) is 14.4 Å². The Balaban J connectivity index is 3.09. The lowest BCUT2D eigenvalue weighted by Crippen LogP contribution is -2.17. The average Bonchev–Trinajstić information content (AvgIpc) is 2.58. The number of nitrogens with two attached hydrogens (primary N) is 1. The lowest BCUT2D eigenvalue weighted by Gasteiger charge is -2.09. The van der Waals surface area contributed by atoms with Crippen LogP contribution in [0.15, 0.2) is 29.5 Å². The van der Waals surface area contributed by atoms with Gasteiger partial charge in [-0.15, -0.1) is 0 Å². The summed E-state index contributed by atoms with van der Waals surface area (Å²) in [6.45, 7) is 0.937. The highest BCUT2D eigenvalue weighted by Gasteiger charge is 2.16. The lowest BCUT2D eigenvalue weighted by molar-refractivity contribution is -0.117. The van der Waals surface area contributed by atoms with E-state index in [4.69, 9.17) is 15.7 Å². The van der Waals surface area contributed by atoms with Crippen LogP contribution in [-0.2, 0) is 14.3 Å². The van der Waals surface area contributed by atoms with Crippen molar-refractivity contribution in [2.45, 2.75) is 6.92 Å². The van der Waals surface area contributed by atoms with Gasteiger partial charge in [-0.25, -0.2) is 9.59 Å². The molecule has 0 atom stereocenters. The van der Waals surface area contributed by atoms with Crippen LogP contribution in [-0.4, -0.2) is 38.5 Å². The number of methoxy groups -OCH3 is 2. The summed E-state index contributed by atoms with van der Waals surface area (Å²) >= 11 is 0. The maximum absolute atomic E-state index is 11.9. The van der Waals surface area contributed by atoms with Crippen LogP contribution in [0.3, 0.4) is 0 Å². The van der Waals surface area contributed by atoms with E-state index in [1.54, 1.807) is 6.07 Å². The quantitative estimate of drug-likeness (QED) is 0.463. The van der Waals surface area contributed by atoms with Crippen LogP contribution in [0.4, 0.5) is 0 Å². The minimum absolute atomic E-state index is 0.0499. The fraction of sp³-hybridized carbons (Fsp3) is 0.250. The molecule has 0 aromatic heterocycles. The monoisotopic (exact) mass is 332 g/mol. The van der Waals surface area contributed by atoms with Crippen molar-refractivity contribution in [3.63, 3.8) is 0 Å². The van der Waals surface area contributed by atoms with E-state index < -0.39 is 24.3 Å². The van der Waals surface area contributed by atoms with Crippen molar-refractivity contribution in [2.75, 3.05) is 20.8 Å². The number of Topliss-reactive ketones (excluding diaryl/α,β-unsaturated/α-hetero) is 1. The molecule has 24 heavy (non-hydrogen) atoms. The van der Waals surface area contributed by atoms with Crippen LogP contribution < -0.4 is 10.5 Å². The number of ketones is 1. The van der Waals surface area contributed by atoms with E-state index in [1.807, 2.05) is 0 Å². The number of carbonyl (C=O) groups is 3. The molecule has 0 aliphatic heterocycles. The predicted molar refractivity (Wildman–Crippen MR) is 82.1 cm³/mol. The summed E-state index contributed by atoms with van der Waals surface area (Å²) < 4.78 is 14.4. The normalized spacial score (nSPS) is 10.9. The molecule has 126 valence electrons. The summed E-state index contributed by atoms with van der Waals surface area (Å²) in [5.41, 5.74) is 5.40. The number of nitrogens with zero attached hydrogens (tertiary/aromatic N) is 1. The van der Waals surface area contributed by atoms with Gasteiger partial charge in [-0.1, -0.05) is 0 Å². The smallest absolute Gasteiger partial charge is 0.338 e. The molecule has 0 heterocycles. The molecular weight excluding hydrogens is 316 g/mol. The first-order chi connectivity index (χ1) is 11.3. The molecule has 1 aromatic carbocycles. The molecule has 0 saturated heterocycles. The zero-order chi connectivity index (χ0) is 18.3. The molecule has 1 rings (SSSR count). The van der Waals surface area contributed by atoms with Crippen molar-refractivity contribution in [2.24, 2.45) is 5.73 Å². The highest BCUT2D eigenvalue weighted by atomic mass is 16.5. The Labute approximate surface area is 138 Å². The third-order valence-electron chi connectivity index (χ3n) is 2.90. The number of ether oxygens (including phenoxy) is 3. The summed E-state index contributed by atoms with van der Waals surface area (Å²) in [6, 6.07) is 5.57.